The van der Waals surface area contributed by atoms with Gasteiger partial charge in [-0.1, -0.05) is 18.3 Å². The van der Waals surface area contributed by atoms with Gasteiger partial charge in [0.25, 0.3) is 5.91 Å². The molecule has 128 valence electrons. The molecule has 1 aliphatic heterocycles. The molecule has 3 heterocycles. The zero-order valence-corrected chi connectivity index (χ0v) is 14.7. The van der Waals surface area contributed by atoms with Crippen LogP contribution in [0, 0.1) is 0 Å². The van der Waals surface area contributed by atoms with E-state index in [4.69, 9.17) is 4.74 Å². The Kier molecular flexibility index (Phi) is 5.47. The van der Waals surface area contributed by atoms with E-state index >= 15 is 0 Å². The second-order valence-electron chi connectivity index (χ2n) is 6.10. The first-order valence-electron chi connectivity index (χ1n) is 8.12. The molecule has 1 fully saturated rings. The van der Waals surface area contributed by atoms with Gasteiger partial charge in [-0.2, -0.15) is 0 Å². The molecule has 1 aliphatic rings. The van der Waals surface area contributed by atoms with Gasteiger partial charge in [-0.15, -0.1) is 5.10 Å². The van der Waals surface area contributed by atoms with Gasteiger partial charge in [0.2, 0.25) is 0 Å². The number of aromatic nitrogens is 4. The Bertz CT molecular complexity index is 676. The van der Waals surface area contributed by atoms with Crippen molar-refractivity contribution in [1.82, 2.24) is 24.5 Å². The topological polar surface area (TPSA) is 81.1 Å². The predicted molar refractivity (Wildman–Crippen MR) is 90.0 cm³/mol. The Morgan fingerprint density at radius 2 is 2.33 bits per heavy atom. The maximum absolute atomic E-state index is 13.0. The van der Waals surface area contributed by atoms with Crippen LogP contribution in [0.4, 0.5) is 0 Å². The van der Waals surface area contributed by atoms with Crippen LogP contribution < -0.4 is 0 Å². The maximum Gasteiger partial charge on any atom is 0.267 e. The first-order valence-corrected chi connectivity index (χ1v) is 8.90. The van der Waals surface area contributed by atoms with E-state index in [1.807, 2.05) is 18.7 Å². The normalized spacial score (nSPS) is 18.1. The third-order valence-corrected chi connectivity index (χ3v) is 4.82. The summed E-state index contributed by atoms with van der Waals surface area (Å²) in [6.07, 6.45) is 6.68. The second kappa shape index (κ2) is 7.76. The molecule has 2 aromatic rings. The Hall–Kier alpha value is -1.93. The fourth-order valence-corrected chi connectivity index (χ4v) is 3.56. The number of carbonyl (C=O) groups excluding carboxylic acids is 1. The van der Waals surface area contributed by atoms with Gasteiger partial charge in [0.05, 0.1) is 30.6 Å². The maximum atomic E-state index is 13.0. The van der Waals surface area contributed by atoms with Crippen molar-refractivity contribution in [3.8, 4) is 0 Å². The lowest BCUT2D eigenvalue weighted by Crippen LogP contribution is -2.49. The van der Waals surface area contributed by atoms with Gasteiger partial charge < -0.3 is 9.64 Å². The zero-order valence-electron chi connectivity index (χ0n) is 13.9. The van der Waals surface area contributed by atoms with Crippen LogP contribution in [-0.2, 0) is 11.2 Å². The summed E-state index contributed by atoms with van der Waals surface area (Å²) in [4.78, 5) is 23.9. The lowest BCUT2D eigenvalue weighted by Gasteiger charge is -2.35. The number of rotatable bonds is 5. The van der Waals surface area contributed by atoms with Gasteiger partial charge in [0.1, 0.15) is 4.88 Å². The summed E-state index contributed by atoms with van der Waals surface area (Å²) in [7, 11) is 0. The number of morpholine rings is 1. The SMILES string of the molecule is CC(C)c1nnsc1C(=O)N1CCOCC1CCc1cnccn1. The highest BCUT2D eigenvalue weighted by Gasteiger charge is 2.31. The Labute approximate surface area is 145 Å². The van der Waals surface area contributed by atoms with E-state index in [-0.39, 0.29) is 17.9 Å². The molecule has 2 aromatic heterocycles. The molecular formula is C16H21N5O2S. The van der Waals surface area contributed by atoms with E-state index in [1.54, 1.807) is 18.6 Å². The minimum absolute atomic E-state index is 0.0149. The molecule has 0 saturated carbocycles. The number of amides is 1. The molecule has 0 N–H and O–H groups in total. The molecule has 24 heavy (non-hydrogen) atoms. The van der Waals surface area contributed by atoms with Crippen LogP contribution in [0.2, 0.25) is 0 Å². The second-order valence-corrected chi connectivity index (χ2v) is 6.86. The molecule has 1 unspecified atom stereocenters. The van der Waals surface area contributed by atoms with Gasteiger partial charge in [0, 0.05) is 25.1 Å². The Balaban J connectivity index is 1.72. The minimum atomic E-state index is 0.0149. The number of hydrogen-bond donors (Lipinski definition) is 0. The van der Waals surface area contributed by atoms with Crippen molar-refractivity contribution in [2.75, 3.05) is 19.8 Å². The van der Waals surface area contributed by atoms with Gasteiger partial charge in [0.15, 0.2) is 0 Å². The van der Waals surface area contributed by atoms with Crippen LogP contribution in [0.5, 0.6) is 0 Å². The molecule has 1 atom stereocenters. The smallest absolute Gasteiger partial charge is 0.267 e. The lowest BCUT2D eigenvalue weighted by atomic mass is 10.1. The standard InChI is InChI=1S/C16H21N5O2S/c1-11(2)14-15(24-20-19-14)16(22)21-7-8-23-10-13(21)4-3-12-9-17-5-6-18-12/h5-6,9,11,13H,3-4,7-8,10H2,1-2H3. The highest BCUT2D eigenvalue weighted by Crippen LogP contribution is 2.24. The van der Waals surface area contributed by atoms with Crippen molar-refractivity contribution >= 4 is 17.4 Å². The molecule has 0 radical (unpaired) electrons. The van der Waals surface area contributed by atoms with Crippen molar-refractivity contribution in [2.24, 2.45) is 0 Å². The van der Waals surface area contributed by atoms with Crippen molar-refractivity contribution in [2.45, 2.75) is 38.6 Å². The fraction of sp³-hybridized carbons (Fsp3) is 0.562. The van der Waals surface area contributed by atoms with Crippen LogP contribution in [0.25, 0.3) is 0 Å². The quantitative estimate of drug-likeness (QED) is 0.822. The highest BCUT2D eigenvalue weighted by molar-refractivity contribution is 7.08. The summed E-state index contributed by atoms with van der Waals surface area (Å²) in [5, 5.41) is 4.12. The first-order chi connectivity index (χ1) is 11.7. The van der Waals surface area contributed by atoms with E-state index in [9.17, 15) is 4.79 Å². The van der Waals surface area contributed by atoms with Crippen molar-refractivity contribution in [1.29, 1.82) is 0 Å². The van der Waals surface area contributed by atoms with E-state index in [2.05, 4.69) is 19.6 Å². The predicted octanol–water partition coefficient (Wildman–Crippen LogP) is 1.93. The molecule has 8 heteroatoms. The van der Waals surface area contributed by atoms with Crippen LogP contribution in [0.1, 0.15) is 47.2 Å². The Morgan fingerprint density at radius 3 is 3.08 bits per heavy atom. The monoisotopic (exact) mass is 347 g/mol. The minimum Gasteiger partial charge on any atom is -0.377 e. The van der Waals surface area contributed by atoms with Crippen molar-refractivity contribution in [3.05, 3.63) is 34.9 Å². The van der Waals surface area contributed by atoms with E-state index in [1.165, 1.54) is 11.5 Å². The molecule has 0 aliphatic carbocycles. The summed E-state index contributed by atoms with van der Waals surface area (Å²) in [5.41, 5.74) is 1.71. The van der Waals surface area contributed by atoms with Crippen molar-refractivity contribution in [3.63, 3.8) is 0 Å². The largest absolute Gasteiger partial charge is 0.377 e. The first kappa shape index (κ1) is 16.9. The van der Waals surface area contributed by atoms with Gasteiger partial charge in [-0.25, -0.2) is 0 Å². The Morgan fingerprint density at radius 1 is 1.46 bits per heavy atom. The molecule has 3 rings (SSSR count). The number of hydrogen-bond acceptors (Lipinski definition) is 7. The summed E-state index contributed by atoms with van der Waals surface area (Å²) in [6, 6.07) is 0.0374. The summed E-state index contributed by atoms with van der Waals surface area (Å²) < 4.78 is 9.56. The molecule has 0 bridgehead atoms. The highest BCUT2D eigenvalue weighted by atomic mass is 32.1. The number of nitrogens with zero attached hydrogens (tertiary/aromatic N) is 5. The van der Waals surface area contributed by atoms with Gasteiger partial charge >= 0.3 is 0 Å². The van der Waals surface area contributed by atoms with Crippen LogP contribution in [0.3, 0.4) is 0 Å². The van der Waals surface area contributed by atoms with E-state index in [0.29, 0.717) is 24.6 Å². The third kappa shape index (κ3) is 3.76. The lowest BCUT2D eigenvalue weighted by molar-refractivity contribution is -0.00395. The number of carbonyl (C=O) groups is 1. The third-order valence-electron chi connectivity index (χ3n) is 4.09. The van der Waals surface area contributed by atoms with Crippen LogP contribution in [0.15, 0.2) is 18.6 Å². The molecule has 1 saturated heterocycles. The van der Waals surface area contributed by atoms with E-state index in [0.717, 1.165) is 24.2 Å². The average molecular weight is 347 g/mol. The van der Waals surface area contributed by atoms with E-state index < -0.39 is 0 Å². The van der Waals surface area contributed by atoms with Crippen LogP contribution >= 0.6 is 11.5 Å². The zero-order chi connectivity index (χ0) is 16.9. The van der Waals surface area contributed by atoms with Gasteiger partial charge in [-0.05, 0) is 30.3 Å². The summed E-state index contributed by atoms with van der Waals surface area (Å²) in [5.74, 6) is 0.197. The number of ether oxygens (including phenoxy) is 1. The molecular weight excluding hydrogens is 326 g/mol. The summed E-state index contributed by atoms with van der Waals surface area (Å²) in [6.45, 7) is 5.77. The molecule has 7 nitrogen and oxygen atoms in total. The van der Waals surface area contributed by atoms with Crippen LogP contribution in [-0.4, -0.2) is 56.2 Å². The fourth-order valence-electron chi connectivity index (χ4n) is 2.79. The van der Waals surface area contributed by atoms with Crippen molar-refractivity contribution < 1.29 is 9.53 Å². The number of aryl methyl sites for hydroxylation is 1. The molecule has 0 aromatic carbocycles. The van der Waals surface area contributed by atoms with Gasteiger partial charge in [-0.3, -0.25) is 14.8 Å². The molecule has 0 spiro atoms. The summed E-state index contributed by atoms with van der Waals surface area (Å²) >= 11 is 1.18. The average Bonchev–Trinajstić information content (AvgIpc) is 3.10. The molecule has 1 amide bonds.